The lowest BCUT2D eigenvalue weighted by molar-refractivity contribution is 0.264. The minimum absolute atomic E-state index is 0.669. The van der Waals surface area contributed by atoms with Gasteiger partial charge in [0.05, 0.1) is 13.2 Å². The predicted molar refractivity (Wildman–Crippen MR) is 68.6 cm³/mol. The third-order valence-electron chi connectivity index (χ3n) is 2.89. The van der Waals surface area contributed by atoms with E-state index in [0.717, 1.165) is 30.6 Å². The minimum Gasteiger partial charge on any atom is -0.490 e. The molecule has 0 saturated heterocycles. The molecule has 3 heteroatoms. The standard InChI is InChI=1S/C14H21NO2/c1-3-16-13-6-4-5-12(9-15-2)14(13)17-10-11-7-8-11/h4-6,11,15H,3,7-10H2,1-2H3. The summed E-state index contributed by atoms with van der Waals surface area (Å²) in [6.07, 6.45) is 2.61. The van der Waals surface area contributed by atoms with Crippen molar-refractivity contribution in [3.05, 3.63) is 23.8 Å². The van der Waals surface area contributed by atoms with E-state index >= 15 is 0 Å². The monoisotopic (exact) mass is 235 g/mol. The van der Waals surface area contributed by atoms with E-state index in [1.165, 1.54) is 18.4 Å². The molecule has 0 amide bonds. The smallest absolute Gasteiger partial charge is 0.165 e. The lowest BCUT2D eigenvalue weighted by Gasteiger charge is -2.15. The van der Waals surface area contributed by atoms with Gasteiger partial charge >= 0.3 is 0 Å². The van der Waals surface area contributed by atoms with Crippen molar-refractivity contribution in [3.63, 3.8) is 0 Å². The van der Waals surface area contributed by atoms with E-state index in [-0.39, 0.29) is 0 Å². The summed E-state index contributed by atoms with van der Waals surface area (Å²) in [7, 11) is 1.94. The summed E-state index contributed by atoms with van der Waals surface area (Å²) < 4.78 is 11.6. The predicted octanol–water partition coefficient (Wildman–Crippen LogP) is 2.59. The third-order valence-corrected chi connectivity index (χ3v) is 2.89. The SMILES string of the molecule is CCOc1cccc(CNC)c1OCC1CC1. The molecule has 1 fully saturated rings. The average molecular weight is 235 g/mol. The fraction of sp³-hybridized carbons (Fsp3) is 0.571. The molecule has 0 atom stereocenters. The number of hydrogen-bond acceptors (Lipinski definition) is 3. The van der Waals surface area contributed by atoms with Gasteiger partial charge in [-0.05, 0) is 38.8 Å². The lowest BCUT2D eigenvalue weighted by Crippen LogP contribution is -2.10. The van der Waals surface area contributed by atoms with Crippen LogP contribution in [0.5, 0.6) is 11.5 Å². The first-order chi connectivity index (χ1) is 8.35. The molecular formula is C14H21NO2. The molecular weight excluding hydrogens is 214 g/mol. The Morgan fingerprint density at radius 1 is 1.29 bits per heavy atom. The van der Waals surface area contributed by atoms with Gasteiger partial charge in [-0.1, -0.05) is 12.1 Å². The molecule has 0 radical (unpaired) electrons. The van der Waals surface area contributed by atoms with E-state index in [1.807, 2.05) is 26.1 Å². The maximum absolute atomic E-state index is 5.93. The van der Waals surface area contributed by atoms with Crippen molar-refractivity contribution in [3.8, 4) is 11.5 Å². The van der Waals surface area contributed by atoms with Crippen LogP contribution in [0.3, 0.4) is 0 Å². The number of rotatable bonds is 7. The summed E-state index contributed by atoms with van der Waals surface area (Å²) >= 11 is 0. The summed E-state index contributed by atoms with van der Waals surface area (Å²) in [5.41, 5.74) is 1.17. The van der Waals surface area contributed by atoms with Crippen LogP contribution in [0, 0.1) is 5.92 Å². The van der Waals surface area contributed by atoms with Crippen LogP contribution in [-0.4, -0.2) is 20.3 Å². The maximum Gasteiger partial charge on any atom is 0.165 e. The fourth-order valence-electron chi connectivity index (χ4n) is 1.81. The summed E-state index contributed by atoms with van der Waals surface area (Å²) in [4.78, 5) is 0. The molecule has 0 unspecified atom stereocenters. The van der Waals surface area contributed by atoms with Crippen LogP contribution in [0.1, 0.15) is 25.3 Å². The Labute approximate surface area is 103 Å². The normalized spacial score (nSPS) is 14.7. The van der Waals surface area contributed by atoms with Crippen LogP contribution in [-0.2, 0) is 6.54 Å². The second kappa shape index (κ2) is 5.92. The lowest BCUT2D eigenvalue weighted by atomic mass is 10.2. The van der Waals surface area contributed by atoms with Crippen molar-refractivity contribution in [1.29, 1.82) is 0 Å². The van der Waals surface area contributed by atoms with Crippen molar-refractivity contribution >= 4 is 0 Å². The van der Waals surface area contributed by atoms with Crippen LogP contribution < -0.4 is 14.8 Å². The highest BCUT2D eigenvalue weighted by Crippen LogP contribution is 2.35. The van der Waals surface area contributed by atoms with Gasteiger partial charge in [-0.25, -0.2) is 0 Å². The minimum atomic E-state index is 0.669. The molecule has 17 heavy (non-hydrogen) atoms. The van der Waals surface area contributed by atoms with Crippen LogP contribution in [0.25, 0.3) is 0 Å². The van der Waals surface area contributed by atoms with Gasteiger partial charge in [-0.3, -0.25) is 0 Å². The topological polar surface area (TPSA) is 30.5 Å². The van der Waals surface area contributed by atoms with E-state index in [1.54, 1.807) is 0 Å². The molecule has 1 saturated carbocycles. The Balaban J connectivity index is 2.13. The Kier molecular flexibility index (Phi) is 4.26. The third kappa shape index (κ3) is 3.37. The van der Waals surface area contributed by atoms with Gasteiger partial charge in [0.25, 0.3) is 0 Å². The van der Waals surface area contributed by atoms with Crippen LogP contribution in [0.2, 0.25) is 0 Å². The maximum atomic E-state index is 5.93. The summed E-state index contributed by atoms with van der Waals surface area (Å²) in [5.74, 6) is 2.53. The molecule has 94 valence electrons. The van der Waals surface area contributed by atoms with Gasteiger partial charge < -0.3 is 14.8 Å². The molecule has 1 N–H and O–H groups in total. The van der Waals surface area contributed by atoms with Gasteiger partial charge in [-0.15, -0.1) is 0 Å². The number of ether oxygens (including phenoxy) is 2. The molecule has 0 heterocycles. The molecule has 3 nitrogen and oxygen atoms in total. The van der Waals surface area contributed by atoms with Gasteiger partial charge in [0.1, 0.15) is 0 Å². The fourth-order valence-corrected chi connectivity index (χ4v) is 1.81. The molecule has 0 aromatic heterocycles. The molecule has 1 aliphatic rings. The second-order valence-electron chi connectivity index (χ2n) is 4.46. The summed E-state index contributed by atoms with van der Waals surface area (Å²) in [6, 6.07) is 6.08. The number of para-hydroxylation sites is 1. The highest BCUT2D eigenvalue weighted by Gasteiger charge is 2.23. The first kappa shape index (κ1) is 12.2. The molecule has 1 aliphatic carbocycles. The van der Waals surface area contributed by atoms with Crippen molar-refractivity contribution in [2.24, 2.45) is 5.92 Å². The van der Waals surface area contributed by atoms with Gasteiger partial charge in [0.15, 0.2) is 11.5 Å². The zero-order valence-corrected chi connectivity index (χ0v) is 10.7. The Hall–Kier alpha value is -1.22. The van der Waals surface area contributed by atoms with E-state index in [4.69, 9.17) is 9.47 Å². The quantitative estimate of drug-likeness (QED) is 0.788. The van der Waals surface area contributed by atoms with Crippen molar-refractivity contribution in [2.45, 2.75) is 26.3 Å². The molecule has 1 aromatic rings. The molecule has 0 aliphatic heterocycles. The first-order valence-electron chi connectivity index (χ1n) is 6.37. The first-order valence-corrected chi connectivity index (χ1v) is 6.37. The summed E-state index contributed by atoms with van der Waals surface area (Å²) in [5, 5.41) is 3.16. The van der Waals surface area contributed by atoms with E-state index in [0.29, 0.717) is 6.61 Å². The second-order valence-corrected chi connectivity index (χ2v) is 4.46. The highest BCUT2D eigenvalue weighted by atomic mass is 16.5. The Morgan fingerprint density at radius 2 is 2.12 bits per heavy atom. The van der Waals surface area contributed by atoms with Crippen LogP contribution in [0.4, 0.5) is 0 Å². The molecule has 0 bridgehead atoms. The largest absolute Gasteiger partial charge is 0.490 e. The number of hydrogen-bond donors (Lipinski definition) is 1. The van der Waals surface area contributed by atoms with Crippen molar-refractivity contribution in [1.82, 2.24) is 5.32 Å². The Morgan fingerprint density at radius 3 is 2.76 bits per heavy atom. The van der Waals surface area contributed by atoms with Crippen LogP contribution >= 0.6 is 0 Å². The van der Waals surface area contributed by atoms with Gasteiger partial charge in [-0.2, -0.15) is 0 Å². The molecule has 0 spiro atoms. The molecule has 2 rings (SSSR count). The number of nitrogens with one attached hydrogen (secondary N) is 1. The zero-order chi connectivity index (χ0) is 12.1. The average Bonchev–Trinajstić information content (AvgIpc) is 3.13. The Bertz CT molecular complexity index is 337. The van der Waals surface area contributed by atoms with Crippen molar-refractivity contribution < 1.29 is 9.47 Å². The highest BCUT2D eigenvalue weighted by molar-refractivity contribution is 5.46. The van der Waals surface area contributed by atoms with Crippen molar-refractivity contribution in [2.75, 3.05) is 20.3 Å². The van der Waals surface area contributed by atoms with E-state index in [9.17, 15) is 0 Å². The van der Waals surface area contributed by atoms with E-state index in [2.05, 4.69) is 11.4 Å². The van der Waals surface area contributed by atoms with Crippen LogP contribution in [0.15, 0.2) is 18.2 Å². The van der Waals surface area contributed by atoms with Gasteiger partial charge in [0, 0.05) is 12.1 Å². The summed E-state index contributed by atoms with van der Waals surface area (Å²) in [6.45, 7) is 4.29. The van der Waals surface area contributed by atoms with Gasteiger partial charge in [0.2, 0.25) is 0 Å². The zero-order valence-electron chi connectivity index (χ0n) is 10.7. The van der Waals surface area contributed by atoms with E-state index < -0.39 is 0 Å². The number of benzene rings is 1. The molecule has 1 aromatic carbocycles.